The molecule has 22 heavy (non-hydrogen) atoms. The average molecular weight is 316 g/mol. The van der Waals surface area contributed by atoms with Gasteiger partial charge in [0.2, 0.25) is 0 Å². The highest BCUT2D eigenvalue weighted by Gasteiger charge is 2.11. The van der Waals surface area contributed by atoms with Crippen molar-refractivity contribution in [2.24, 2.45) is 0 Å². The largest absolute Gasteiger partial charge is 0.332 e. The van der Waals surface area contributed by atoms with E-state index in [1.54, 1.807) is 0 Å². The van der Waals surface area contributed by atoms with Crippen LogP contribution in [0.15, 0.2) is 48.5 Å². The van der Waals surface area contributed by atoms with E-state index in [1.165, 1.54) is 24.3 Å². The van der Waals surface area contributed by atoms with Gasteiger partial charge in [-0.1, -0.05) is 38.1 Å². The number of amides is 1. The second kappa shape index (κ2) is 7.13. The topological polar surface area (TPSA) is 41.1 Å². The standard InChI is InChI=1S/C17H17FN2OS/c1-11(2)14-8-3-4-9-15(14)19-17(22)20-16(21)12-6-5-7-13(18)10-12/h3-11H,1-2H3,(H2,19,20,21,22). The molecule has 0 aliphatic rings. The normalized spacial score (nSPS) is 10.4. The van der Waals surface area contributed by atoms with Gasteiger partial charge in [0.15, 0.2) is 5.11 Å². The Kier molecular flexibility index (Phi) is 5.22. The monoisotopic (exact) mass is 316 g/mol. The zero-order valence-electron chi connectivity index (χ0n) is 12.4. The molecule has 0 atom stereocenters. The van der Waals surface area contributed by atoms with Crippen molar-refractivity contribution in [2.45, 2.75) is 19.8 Å². The van der Waals surface area contributed by atoms with E-state index in [9.17, 15) is 9.18 Å². The Labute approximate surface area is 134 Å². The van der Waals surface area contributed by atoms with E-state index in [1.807, 2.05) is 24.3 Å². The summed E-state index contributed by atoms with van der Waals surface area (Å²) in [5, 5.41) is 5.75. The molecule has 0 saturated carbocycles. The molecule has 0 heterocycles. The molecular weight excluding hydrogens is 299 g/mol. The maximum Gasteiger partial charge on any atom is 0.257 e. The van der Waals surface area contributed by atoms with Crippen molar-refractivity contribution in [3.05, 3.63) is 65.5 Å². The van der Waals surface area contributed by atoms with Crippen LogP contribution in [0.1, 0.15) is 35.7 Å². The van der Waals surface area contributed by atoms with E-state index in [-0.39, 0.29) is 10.7 Å². The molecule has 3 nitrogen and oxygen atoms in total. The van der Waals surface area contributed by atoms with Gasteiger partial charge in [-0.05, 0) is 48.0 Å². The van der Waals surface area contributed by atoms with Crippen LogP contribution in [-0.2, 0) is 0 Å². The molecule has 0 spiro atoms. The van der Waals surface area contributed by atoms with Gasteiger partial charge in [0.1, 0.15) is 5.82 Å². The highest BCUT2D eigenvalue weighted by molar-refractivity contribution is 7.80. The summed E-state index contributed by atoms with van der Waals surface area (Å²) in [4.78, 5) is 12.0. The molecule has 2 N–H and O–H groups in total. The number of nitrogens with one attached hydrogen (secondary N) is 2. The summed E-state index contributed by atoms with van der Waals surface area (Å²) in [6, 6.07) is 13.2. The summed E-state index contributed by atoms with van der Waals surface area (Å²) in [6.07, 6.45) is 0. The van der Waals surface area contributed by atoms with Crippen LogP contribution in [0.4, 0.5) is 10.1 Å². The van der Waals surface area contributed by atoms with Gasteiger partial charge in [0, 0.05) is 11.3 Å². The zero-order valence-corrected chi connectivity index (χ0v) is 13.2. The molecule has 0 aliphatic heterocycles. The molecule has 0 aliphatic carbocycles. The molecule has 0 radical (unpaired) electrons. The lowest BCUT2D eigenvalue weighted by Crippen LogP contribution is -2.34. The van der Waals surface area contributed by atoms with Gasteiger partial charge in [0.25, 0.3) is 5.91 Å². The summed E-state index contributed by atoms with van der Waals surface area (Å²) in [7, 11) is 0. The van der Waals surface area contributed by atoms with Crippen molar-refractivity contribution in [1.82, 2.24) is 5.32 Å². The van der Waals surface area contributed by atoms with Crippen LogP contribution in [0.2, 0.25) is 0 Å². The van der Waals surface area contributed by atoms with Gasteiger partial charge in [-0.25, -0.2) is 4.39 Å². The molecule has 0 unspecified atom stereocenters. The Morgan fingerprint density at radius 1 is 1.14 bits per heavy atom. The van der Waals surface area contributed by atoms with Crippen LogP contribution in [0.3, 0.4) is 0 Å². The minimum atomic E-state index is -0.461. The fourth-order valence-corrected chi connectivity index (χ4v) is 2.28. The van der Waals surface area contributed by atoms with E-state index < -0.39 is 11.7 Å². The molecule has 0 bridgehead atoms. The first-order valence-electron chi connectivity index (χ1n) is 6.94. The van der Waals surface area contributed by atoms with Crippen LogP contribution < -0.4 is 10.6 Å². The van der Waals surface area contributed by atoms with Gasteiger partial charge >= 0.3 is 0 Å². The second-order valence-corrected chi connectivity index (χ2v) is 5.57. The van der Waals surface area contributed by atoms with Crippen LogP contribution in [0.5, 0.6) is 0 Å². The SMILES string of the molecule is CC(C)c1ccccc1NC(=S)NC(=O)c1cccc(F)c1. The van der Waals surface area contributed by atoms with Crippen LogP contribution in [-0.4, -0.2) is 11.0 Å². The molecule has 5 heteroatoms. The Bertz CT molecular complexity index is 701. The minimum absolute atomic E-state index is 0.183. The first-order chi connectivity index (χ1) is 10.5. The summed E-state index contributed by atoms with van der Waals surface area (Å²) >= 11 is 5.15. The van der Waals surface area contributed by atoms with Crippen molar-refractivity contribution < 1.29 is 9.18 Å². The molecule has 0 aromatic heterocycles. The predicted octanol–water partition coefficient (Wildman–Crippen LogP) is 4.08. The Balaban J connectivity index is 2.06. The van der Waals surface area contributed by atoms with Crippen molar-refractivity contribution in [1.29, 1.82) is 0 Å². The third-order valence-corrected chi connectivity index (χ3v) is 3.35. The number of carbonyl (C=O) groups is 1. The number of para-hydroxylation sites is 1. The minimum Gasteiger partial charge on any atom is -0.332 e. The number of benzene rings is 2. The van der Waals surface area contributed by atoms with Gasteiger partial charge in [0.05, 0.1) is 0 Å². The number of anilines is 1. The third-order valence-electron chi connectivity index (χ3n) is 3.14. The zero-order chi connectivity index (χ0) is 16.1. The Hall–Kier alpha value is -2.27. The summed E-state index contributed by atoms with van der Waals surface area (Å²) < 4.78 is 13.1. The number of thiocarbonyl (C=S) groups is 1. The smallest absolute Gasteiger partial charge is 0.257 e. The first-order valence-corrected chi connectivity index (χ1v) is 7.35. The Morgan fingerprint density at radius 2 is 1.86 bits per heavy atom. The van der Waals surface area contributed by atoms with E-state index in [0.717, 1.165) is 11.3 Å². The molecule has 2 aromatic carbocycles. The summed E-state index contributed by atoms with van der Waals surface area (Å²) in [6.45, 7) is 4.16. The van der Waals surface area contributed by atoms with Crippen LogP contribution in [0.25, 0.3) is 0 Å². The molecule has 1 amide bonds. The van der Waals surface area contributed by atoms with E-state index in [0.29, 0.717) is 5.92 Å². The maximum atomic E-state index is 13.1. The summed E-state index contributed by atoms with van der Waals surface area (Å²) in [5.41, 5.74) is 2.17. The fourth-order valence-electron chi connectivity index (χ4n) is 2.07. The van der Waals surface area contributed by atoms with Gasteiger partial charge in [-0.2, -0.15) is 0 Å². The number of hydrogen-bond acceptors (Lipinski definition) is 2. The van der Waals surface area contributed by atoms with Crippen molar-refractivity contribution >= 4 is 28.9 Å². The molecule has 0 saturated heterocycles. The molecule has 114 valence electrons. The third kappa shape index (κ3) is 4.11. The van der Waals surface area contributed by atoms with Gasteiger partial charge in [-0.15, -0.1) is 0 Å². The average Bonchev–Trinajstić information content (AvgIpc) is 2.47. The second-order valence-electron chi connectivity index (χ2n) is 5.16. The van der Waals surface area contributed by atoms with Crippen molar-refractivity contribution in [2.75, 3.05) is 5.32 Å². The highest BCUT2D eigenvalue weighted by atomic mass is 32.1. The van der Waals surface area contributed by atoms with E-state index in [2.05, 4.69) is 24.5 Å². The molecule has 0 fully saturated rings. The lowest BCUT2D eigenvalue weighted by Gasteiger charge is -2.15. The van der Waals surface area contributed by atoms with E-state index >= 15 is 0 Å². The van der Waals surface area contributed by atoms with E-state index in [4.69, 9.17) is 12.2 Å². The number of carbonyl (C=O) groups excluding carboxylic acids is 1. The first kappa shape index (κ1) is 16.1. The van der Waals surface area contributed by atoms with Crippen molar-refractivity contribution in [3.8, 4) is 0 Å². The van der Waals surface area contributed by atoms with Gasteiger partial charge < -0.3 is 5.32 Å². The van der Waals surface area contributed by atoms with Crippen LogP contribution >= 0.6 is 12.2 Å². The van der Waals surface area contributed by atoms with Crippen LogP contribution in [0, 0.1) is 5.82 Å². The number of hydrogen-bond donors (Lipinski definition) is 2. The number of rotatable bonds is 3. The summed E-state index contributed by atoms with van der Waals surface area (Å²) in [5.74, 6) is -0.582. The lowest BCUT2D eigenvalue weighted by atomic mass is 10.0. The fraction of sp³-hybridized carbons (Fsp3) is 0.176. The molecule has 2 rings (SSSR count). The highest BCUT2D eigenvalue weighted by Crippen LogP contribution is 2.23. The quantitative estimate of drug-likeness (QED) is 0.839. The predicted molar refractivity (Wildman–Crippen MR) is 90.6 cm³/mol. The number of halogens is 1. The lowest BCUT2D eigenvalue weighted by molar-refractivity contribution is 0.0977. The molecular formula is C17H17FN2OS. The van der Waals surface area contributed by atoms with Crippen molar-refractivity contribution in [3.63, 3.8) is 0 Å². The Morgan fingerprint density at radius 3 is 2.55 bits per heavy atom. The van der Waals surface area contributed by atoms with Gasteiger partial charge in [-0.3, -0.25) is 10.1 Å². The molecule has 2 aromatic rings. The maximum absolute atomic E-state index is 13.1.